The molecule has 1 N–H and O–H groups in total. The summed E-state index contributed by atoms with van der Waals surface area (Å²) in [5.74, 6) is -0.0909. The van der Waals surface area contributed by atoms with Gasteiger partial charge in [-0.1, -0.05) is 12.1 Å². The van der Waals surface area contributed by atoms with E-state index in [1.807, 2.05) is 32.0 Å². The predicted molar refractivity (Wildman–Crippen MR) is 79.7 cm³/mol. The summed E-state index contributed by atoms with van der Waals surface area (Å²) in [5, 5.41) is 2.81. The number of hydrogen-bond donors (Lipinski definition) is 1. The van der Waals surface area contributed by atoms with Gasteiger partial charge in [-0.3, -0.25) is 9.59 Å². The second-order valence-corrected chi connectivity index (χ2v) is 6.31. The summed E-state index contributed by atoms with van der Waals surface area (Å²) >= 11 is 1.51. The molecule has 2 heterocycles. The molecule has 0 unspecified atom stereocenters. The van der Waals surface area contributed by atoms with E-state index in [1.54, 1.807) is 6.07 Å². The second-order valence-electron chi connectivity index (χ2n) is 5.06. The molecule has 1 aromatic carbocycles. The van der Waals surface area contributed by atoms with Gasteiger partial charge in [0.25, 0.3) is 5.91 Å². The maximum absolute atomic E-state index is 12.5. The highest BCUT2D eigenvalue weighted by atomic mass is 32.1. The van der Waals surface area contributed by atoms with Crippen molar-refractivity contribution in [3.63, 3.8) is 0 Å². The van der Waals surface area contributed by atoms with E-state index >= 15 is 0 Å². The molecule has 0 atom stereocenters. The fourth-order valence-electron chi connectivity index (χ4n) is 2.38. The number of amides is 1. The third kappa shape index (κ3) is 2.16. The average molecular weight is 285 g/mol. The van der Waals surface area contributed by atoms with Crippen LogP contribution in [0.4, 0.5) is 0 Å². The van der Waals surface area contributed by atoms with Crippen LogP contribution in [0.5, 0.6) is 0 Å². The SMILES string of the molecule is Cc1cc(C(=O)c2ccc3c(c2)C(=O)NCC3)sc1C. The third-order valence-electron chi connectivity index (χ3n) is 3.69. The smallest absolute Gasteiger partial charge is 0.251 e. The summed E-state index contributed by atoms with van der Waals surface area (Å²) in [6.07, 6.45) is 0.826. The number of aryl methyl sites for hydroxylation is 2. The van der Waals surface area contributed by atoms with Crippen LogP contribution < -0.4 is 5.32 Å². The Morgan fingerprint density at radius 1 is 1.25 bits per heavy atom. The Morgan fingerprint density at radius 2 is 2.05 bits per heavy atom. The molecule has 102 valence electrons. The molecule has 1 aliphatic heterocycles. The predicted octanol–water partition coefficient (Wildman–Crippen LogP) is 2.88. The van der Waals surface area contributed by atoms with Gasteiger partial charge in [0.15, 0.2) is 0 Å². The first-order valence-corrected chi connectivity index (χ1v) is 7.41. The zero-order valence-corrected chi connectivity index (χ0v) is 12.3. The Hall–Kier alpha value is -1.94. The summed E-state index contributed by atoms with van der Waals surface area (Å²) < 4.78 is 0. The summed E-state index contributed by atoms with van der Waals surface area (Å²) in [4.78, 5) is 26.2. The van der Waals surface area contributed by atoms with Gasteiger partial charge >= 0.3 is 0 Å². The Morgan fingerprint density at radius 3 is 2.75 bits per heavy atom. The van der Waals surface area contributed by atoms with Crippen LogP contribution in [0, 0.1) is 13.8 Å². The first kappa shape index (κ1) is 13.1. The molecular formula is C16H15NO2S. The van der Waals surface area contributed by atoms with Crippen LogP contribution >= 0.6 is 11.3 Å². The summed E-state index contributed by atoms with van der Waals surface area (Å²) in [7, 11) is 0. The number of fused-ring (bicyclic) bond motifs is 1. The molecule has 0 fully saturated rings. The third-order valence-corrected chi connectivity index (χ3v) is 4.84. The standard InChI is InChI=1S/C16H15NO2S/c1-9-7-14(20-10(9)2)15(18)12-4-3-11-5-6-17-16(19)13(11)8-12/h3-4,7-8H,5-6H2,1-2H3,(H,17,19). The zero-order chi connectivity index (χ0) is 14.3. The van der Waals surface area contributed by atoms with Crippen molar-refractivity contribution in [3.8, 4) is 0 Å². The Labute approximate surface area is 121 Å². The van der Waals surface area contributed by atoms with Gasteiger partial charge in [-0.15, -0.1) is 11.3 Å². The highest BCUT2D eigenvalue weighted by molar-refractivity contribution is 7.14. The number of thiophene rings is 1. The summed E-state index contributed by atoms with van der Waals surface area (Å²) in [6, 6.07) is 7.36. The van der Waals surface area contributed by atoms with Crippen LogP contribution in [0.3, 0.4) is 0 Å². The van der Waals surface area contributed by atoms with E-state index in [9.17, 15) is 9.59 Å². The highest BCUT2D eigenvalue weighted by Gasteiger charge is 2.20. The van der Waals surface area contributed by atoms with Gasteiger partial charge < -0.3 is 5.32 Å². The number of hydrogen-bond acceptors (Lipinski definition) is 3. The molecule has 3 nitrogen and oxygen atoms in total. The number of ketones is 1. The maximum Gasteiger partial charge on any atom is 0.251 e. The van der Waals surface area contributed by atoms with Gasteiger partial charge in [0.05, 0.1) is 4.88 Å². The maximum atomic E-state index is 12.5. The van der Waals surface area contributed by atoms with Gasteiger partial charge in [0, 0.05) is 22.5 Å². The number of rotatable bonds is 2. The molecule has 0 bridgehead atoms. The van der Waals surface area contributed by atoms with E-state index in [4.69, 9.17) is 0 Å². The van der Waals surface area contributed by atoms with Gasteiger partial charge in [-0.2, -0.15) is 0 Å². The molecule has 0 radical (unpaired) electrons. The first-order chi connectivity index (χ1) is 9.56. The second kappa shape index (κ2) is 4.87. The monoisotopic (exact) mass is 285 g/mol. The van der Waals surface area contributed by atoms with Crippen molar-refractivity contribution in [3.05, 3.63) is 56.3 Å². The summed E-state index contributed by atoms with van der Waals surface area (Å²) in [5.41, 5.74) is 3.37. The number of carbonyl (C=O) groups excluding carboxylic acids is 2. The molecule has 1 aliphatic rings. The molecular weight excluding hydrogens is 270 g/mol. The molecule has 3 rings (SSSR count). The lowest BCUT2D eigenvalue weighted by Crippen LogP contribution is -2.32. The van der Waals surface area contributed by atoms with Gasteiger partial charge in [0.2, 0.25) is 5.78 Å². The van der Waals surface area contributed by atoms with Gasteiger partial charge in [-0.05, 0) is 43.5 Å². The minimum absolute atomic E-state index is 0.00706. The van der Waals surface area contributed by atoms with Crippen molar-refractivity contribution in [2.75, 3.05) is 6.54 Å². The van der Waals surface area contributed by atoms with Gasteiger partial charge in [0.1, 0.15) is 0 Å². The Kier molecular flexibility index (Phi) is 3.18. The van der Waals surface area contributed by atoms with Crippen LogP contribution in [0.2, 0.25) is 0 Å². The highest BCUT2D eigenvalue weighted by Crippen LogP contribution is 2.25. The topological polar surface area (TPSA) is 46.2 Å². The lowest BCUT2D eigenvalue weighted by molar-refractivity contribution is 0.0946. The minimum atomic E-state index is -0.0839. The van der Waals surface area contributed by atoms with Crippen molar-refractivity contribution >= 4 is 23.0 Å². The molecule has 0 saturated carbocycles. The van der Waals surface area contributed by atoms with Crippen LogP contribution in [0.15, 0.2) is 24.3 Å². The molecule has 1 aromatic heterocycles. The lowest BCUT2D eigenvalue weighted by Gasteiger charge is -2.16. The van der Waals surface area contributed by atoms with E-state index in [0.717, 1.165) is 27.3 Å². The minimum Gasteiger partial charge on any atom is -0.352 e. The molecule has 0 saturated heterocycles. The van der Waals surface area contributed by atoms with Crippen LogP contribution in [0.1, 0.15) is 41.6 Å². The van der Waals surface area contributed by atoms with Crippen molar-refractivity contribution in [2.45, 2.75) is 20.3 Å². The molecule has 0 spiro atoms. The molecule has 4 heteroatoms. The average Bonchev–Trinajstić information content (AvgIpc) is 2.78. The van der Waals surface area contributed by atoms with Crippen molar-refractivity contribution in [2.24, 2.45) is 0 Å². The van der Waals surface area contributed by atoms with Crippen molar-refractivity contribution in [1.29, 1.82) is 0 Å². The van der Waals surface area contributed by atoms with Crippen molar-refractivity contribution in [1.82, 2.24) is 5.32 Å². The largest absolute Gasteiger partial charge is 0.352 e. The quantitative estimate of drug-likeness (QED) is 0.862. The number of carbonyl (C=O) groups is 2. The molecule has 1 amide bonds. The lowest BCUT2D eigenvalue weighted by atomic mass is 9.96. The first-order valence-electron chi connectivity index (χ1n) is 6.59. The molecule has 2 aromatic rings. The zero-order valence-electron chi connectivity index (χ0n) is 11.4. The van der Waals surface area contributed by atoms with E-state index < -0.39 is 0 Å². The van der Waals surface area contributed by atoms with E-state index in [1.165, 1.54) is 11.3 Å². The fourth-order valence-corrected chi connectivity index (χ4v) is 3.38. The van der Waals surface area contributed by atoms with Gasteiger partial charge in [-0.25, -0.2) is 0 Å². The van der Waals surface area contributed by atoms with Crippen LogP contribution in [0.25, 0.3) is 0 Å². The van der Waals surface area contributed by atoms with Crippen LogP contribution in [-0.4, -0.2) is 18.2 Å². The van der Waals surface area contributed by atoms with E-state index in [0.29, 0.717) is 17.7 Å². The Balaban J connectivity index is 2.00. The number of benzene rings is 1. The van der Waals surface area contributed by atoms with E-state index in [-0.39, 0.29) is 11.7 Å². The van der Waals surface area contributed by atoms with E-state index in [2.05, 4.69) is 5.32 Å². The summed E-state index contributed by atoms with van der Waals surface area (Å²) in [6.45, 7) is 4.68. The fraction of sp³-hybridized carbons (Fsp3) is 0.250. The molecule has 0 aliphatic carbocycles. The number of nitrogens with one attached hydrogen (secondary N) is 1. The van der Waals surface area contributed by atoms with Crippen LogP contribution in [-0.2, 0) is 6.42 Å². The van der Waals surface area contributed by atoms with Crippen molar-refractivity contribution < 1.29 is 9.59 Å². The normalized spacial score (nSPS) is 13.8. The molecule has 20 heavy (non-hydrogen) atoms. The Bertz CT molecular complexity index is 696.